The largest absolute Gasteiger partial charge is 0.378 e. The number of hydrogen-bond acceptors (Lipinski definition) is 4. The Labute approximate surface area is 113 Å². The molecule has 2 heterocycles. The zero-order valence-electron chi connectivity index (χ0n) is 10.8. The predicted molar refractivity (Wildman–Crippen MR) is 75.7 cm³/mol. The van der Waals surface area contributed by atoms with Gasteiger partial charge in [0, 0.05) is 25.1 Å². The molecule has 0 bridgehead atoms. The minimum Gasteiger partial charge on any atom is -0.378 e. The number of H-pyrrole nitrogens is 2. The molecule has 20 heavy (non-hydrogen) atoms. The van der Waals surface area contributed by atoms with Crippen LogP contribution in [-0.2, 0) is 13.6 Å². The van der Waals surface area contributed by atoms with Crippen molar-refractivity contribution >= 4 is 16.7 Å². The van der Waals surface area contributed by atoms with Gasteiger partial charge in [-0.25, -0.2) is 4.98 Å². The third-order valence-corrected chi connectivity index (χ3v) is 3.09. The maximum Gasteiger partial charge on any atom is 0.314 e. The molecule has 0 saturated carbocycles. The number of benzene rings is 1. The fraction of sp³-hybridized carbons (Fsp3) is 0.154. The molecule has 0 atom stereocenters. The standard InChI is InChI=1S/C13H13N5O2/c1-18-5-4-14-11(18)7-15-8-2-3-9-10(6-8)17-13(20)12(19)16-9/h2-6,15H,7H2,1H3,(H,16,19)(H,17,20). The minimum absolute atomic E-state index is 0.572. The summed E-state index contributed by atoms with van der Waals surface area (Å²) in [5.74, 6) is 0.903. The van der Waals surface area contributed by atoms with E-state index < -0.39 is 11.1 Å². The topological polar surface area (TPSA) is 95.6 Å². The van der Waals surface area contributed by atoms with Gasteiger partial charge in [0.15, 0.2) is 0 Å². The number of anilines is 1. The third-order valence-electron chi connectivity index (χ3n) is 3.09. The Morgan fingerprint density at radius 2 is 1.95 bits per heavy atom. The molecule has 0 unspecified atom stereocenters. The summed E-state index contributed by atoms with van der Waals surface area (Å²) < 4.78 is 1.92. The van der Waals surface area contributed by atoms with Crippen molar-refractivity contribution in [2.45, 2.75) is 6.54 Å². The van der Waals surface area contributed by atoms with Gasteiger partial charge in [0.2, 0.25) is 0 Å². The number of aryl methyl sites for hydroxylation is 1. The lowest BCUT2D eigenvalue weighted by atomic mass is 10.2. The zero-order chi connectivity index (χ0) is 14.1. The predicted octanol–water partition coefficient (Wildman–Crippen LogP) is 0.562. The van der Waals surface area contributed by atoms with Gasteiger partial charge in [0.25, 0.3) is 0 Å². The minimum atomic E-state index is -0.654. The Hall–Kier alpha value is -2.83. The van der Waals surface area contributed by atoms with Gasteiger partial charge in [0.1, 0.15) is 5.82 Å². The highest BCUT2D eigenvalue weighted by atomic mass is 16.2. The number of aromatic amines is 2. The van der Waals surface area contributed by atoms with E-state index >= 15 is 0 Å². The van der Waals surface area contributed by atoms with Gasteiger partial charge < -0.3 is 19.9 Å². The summed E-state index contributed by atoms with van der Waals surface area (Å²) in [5.41, 5.74) is 0.713. The molecule has 0 aliphatic heterocycles. The quantitative estimate of drug-likeness (QED) is 0.607. The van der Waals surface area contributed by atoms with Crippen LogP contribution in [0.1, 0.15) is 5.82 Å². The molecule has 102 valence electrons. The van der Waals surface area contributed by atoms with E-state index in [1.165, 1.54) is 0 Å². The summed E-state index contributed by atoms with van der Waals surface area (Å²) >= 11 is 0. The van der Waals surface area contributed by atoms with Crippen molar-refractivity contribution in [3.8, 4) is 0 Å². The first-order valence-electron chi connectivity index (χ1n) is 6.10. The van der Waals surface area contributed by atoms with Crippen LogP contribution in [0.2, 0.25) is 0 Å². The summed E-state index contributed by atoms with van der Waals surface area (Å²) in [5, 5.41) is 3.22. The lowest BCUT2D eigenvalue weighted by Gasteiger charge is -2.07. The van der Waals surface area contributed by atoms with E-state index in [0.29, 0.717) is 17.6 Å². The van der Waals surface area contributed by atoms with E-state index in [2.05, 4.69) is 20.3 Å². The zero-order valence-corrected chi connectivity index (χ0v) is 10.8. The van der Waals surface area contributed by atoms with E-state index in [1.807, 2.05) is 23.9 Å². The number of nitrogens with zero attached hydrogens (tertiary/aromatic N) is 2. The second kappa shape index (κ2) is 4.69. The third kappa shape index (κ3) is 2.20. The molecule has 0 aliphatic carbocycles. The van der Waals surface area contributed by atoms with Crippen LogP contribution in [0.15, 0.2) is 40.2 Å². The smallest absolute Gasteiger partial charge is 0.314 e. The maximum atomic E-state index is 11.3. The molecule has 0 fully saturated rings. The molecule has 0 radical (unpaired) electrons. The number of rotatable bonds is 3. The lowest BCUT2D eigenvalue weighted by molar-refractivity contribution is 0.813. The fourth-order valence-electron chi connectivity index (χ4n) is 1.97. The van der Waals surface area contributed by atoms with Crippen LogP contribution in [0.5, 0.6) is 0 Å². The second-order valence-corrected chi connectivity index (χ2v) is 4.48. The molecule has 7 heteroatoms. The Morgan fingerprint density at radius 1 is 1.20 bits per heavy atom. The van der Waals surface area contributed by atoms with Crippen molar-refractivity contribution in [3.63, 3.8) is 0 Å². The normalized spacial score (nSPS) is 10.8. The maximum absolute atomic E-state index is 11.3. The molecule has 0 aliphatic rings. The van der Waals surface area contributed by atoms with Gasteiger partial charge in [0.05, 0.1) is 17.6 Å². The number of nitrogens with one attached hydrogen (secondary N) is 3. The molecule has 0 spiro atoms. The van der Waals surface area contributed by atoms with E-state index in [4.69, 9.17) is 0 Å². The van der Waals surface area contributed by atoms with Crippen LogP contribution in [0.4, 0.5) is 5.69 Å². The Balaban J connectivity index is 1.89. The average molecular weight is 271 g/mol. The number of imidazole rings is 1. The molecular weight excluding hydrogens is 258 g/mol. The molecule has 3 rings (SSSR count). The Bertz CT molecular complexity index is 874. The van der Waals surface area contributed by atoms with E-state index in [9.17, 15) is 9.59 Å². The molecule has 0 saturated heterocycles. The van der Waals surface area contributed by atoms with Gasteiger partial charge in [-0.2, -0.15) is 0 Å². The van der Waals surface area contributed by atoms with E-state index in [1.54, 1.807) is 18.3 Å². The van der Waals surface area contributed by atoms with Crippen molar-refractivity contribution in [1.82, 2.24) is 19.5 Å². The summed E-state index contributed by atoms with van der Waals surface area (Å²) in [6.07, 6.45) is 3.61. The summed E-state index contributed by atoms with van der Waals surface area (Å²) in [6, 6.07) is 5.35. The SMILES string of the molecule is Cn1ccnc1CNc1ccc2[nH]c(=O)c(=O)[nH]c2c1. The monoisotopic (exact) mass is 271 g/mol. The summed E-state index contributed by atoms with van der Waals surface area (Å²) in [6.45, 7) is 0.572. The number of aromatic nitrogens is 4. The first-order chi connectivity index (χ1) is 9.63. The average Bonchev–Trinajstić information content (AvgIpc) is 2.83. The summed E-state index contributed by atoms with van der Waals surface area (Å²) in [4.78, 5) is 31.8. The van der Waals surface area contributed by atoms with Gasteiger partial charge in [-0.15, -0.1) is 0 Å². The molecule has 3 aromatic rings. The number of fused-ring (bicyclic) bond motifs is 1. The molecule has 3 N–H and O–H groups in total. The van der Waals surface area contributed by atoms with Gasteiger partial charge in [-0.05, 0) is 18.2 Å². The Kier molecular flexibility index (Phi) is 2.86. The molecule has 2 aromatic heterocycles. The van der Waals surface area contributed by atoms with Gasteiger partial charge in [-0.3, -0.25) is 9.59 Å². The highest BCUT2D eigenvalue weighted by Crippen LogP contribution is 2.14. The van der Waals surface area contributed by atoms with E-state index in [0.717, 1.165) is 11.5 Å². The van der Waals surface area contributed by atoms with Crippen molar-refractivity contribution in [1.29, 1.82) is 0 Å². The van der Waals surface area contributed by atoms with Crippen LogP contribution in [0, 0.1) is 0 Å². The molecule has 1 aromatic carbocycles. The van der Waals surface area contributed by atoms with E-state index in [-0.39, 0.29) is 0 Å². The van der Waals surface area contributed by atoms with Crippen LogP contribution < -0.4 is 16.4 Å². The van der Waals surface area contributed by atoms with Crippen molar-refractivity contribution in [2.75, 3.05) is 5.32 Å². The lowest BCUT2D eigenvalue weighted by Crippen LogP contribution is -2.28. The molecule has 0 amide bonds. The first-order valence-corrected chi connectivity index (χ1v) is 6.10. The van der Waals surface area contributed by atoms with Gasteiger partial charge >= 0.3 is 11.1 Å². The first kappa shape index (κ1) is 12.2. The summed E-state index contributed by atoms with van der Waals surface area (Å²) in [7, 11) is 1.92. The second-order valence-electron chi connectivity index (χ2n) is 4.48. The molecular formula is C13H13N5O2. The Morgan fingerprint density at radius 3 is 2.65 bits per heavy atom. The molecule has 7 nitrogen and oxygen atoms in total. The highest BCUT2D eigenvalue weighted by molar-refractivity contribution is 5.78. The van der Waals surface area contributed by atoms with Crippen molar-refractivity contribution in [3.05, 3.63) is 57.1 Å². The van der Waals surface area contributed by atoms with Crippen molar-refractivity contribution in [2.24, 2.45) is 7.05 Å². The van der Waals surface area contributed by atoms with Crippen LogP contribution in [0.3, 0.4) is 0 Å². The van der Waals surface area contributed by atoms with Crippen molar-refractivity contribution < 1.29 is 0 Å². The van der Waals surface area contributed by atoms with Gasteiger partial charge in [-0.1, -0.05) is 0 Å². The van der Waals surface area contributed by atoms with Crippen LogP contribution in [0.25, 0.3) is 11.0 Å². The van der Waals surface area contributed by atoms with Crippen LogP contribution >= 0.6 is 0 Å². The highest BCUT2D eigenvalue weighted by Gasteiger charge is 2.02. The van der Waals surface area contributed by atoms with Crippen LogP contribution in [-0.4, -0.2) is 19.5 Å². The number of hydrogen-bond donors (Lipinski definition) is 3. The fourth-order valence-corrected chi connectivity index (χ4v) is 1.97.